The summed E-state index contributed by atoms with van der Waals surface area (Å²) in [5.74, 6) is 4.90. The molecule has 386 valence electrons. The second-order valence-corrected chi connectivity index (χ2v) is 17.7. The molecule has 76 heavy (non-hydrogen) atoms. The van der Waals surface area contributed by atoms with Gasteiger partial charge >= 0.3 is 6.18 Å². The molecule has 4 N–H and O–H groups in total. The first-order chi connectivity index (χ1) is 36.9. The Balaban J connectivity index is 0.000000139. The molecule has 0 amide bonds. The lowest BCUT2D eigenvalue weighted by Crippen LogP contribution is -2.51. The van der Waals surface area contributed by atoms with Crippen molar-refractivity contribution in [3.63, 3.8) is 0 Å². The van der Waals surface area contributed by atoms with Gasteiger partial charge in [0, 0.05) is 35.3 Å². The van der Waals surface area contributed by atoms with E-state index in [1.54, 1.807) is 28.3 Å². The highest BCUT2D eigenvalue weighted by Gasteiger charge is 2.30. The molecule has 20 heteroatoms. The highest BCUT2D eigenvalue weighted by atomic mass is 19.4. The van der Waals surface area contributed by atoms with Crippen molar-refractivity contribution >= 4 is 34.8 Å². The first kappa shape index (κ1) is 51.6. The van der Waals surface area contributed by atoms with Crippen LogP contribution in [0.15, 0.2) is 164 Å². The Labute approximate surface area is 436 Å². The van der Waals surface area contributed by atoms with E-state index in [0.717, 1.165) is 70.0 Å². The van der Waals surface area contributed by atoms with E-state index in [-0.39, 0.29) is 12.1 Å². The maximum atomic E-state index is 12.6. The molecule has 5 aromatic heterocycles. The monoisotopic (exact) mass is 1030 g/mol. The average Bonchev–Trinajstić information content (AvgIpc) is 4.22. The Morgan fingerprint density at radius 1 is 0.684 bits per heavy atom. The van der Waals surface area contributed by atoms with Crippen LogP contribution in [-0.2, 0) is 24.0 Å². The van der Waals surface area contributed by atoms with E-state index in [9.17, 15) is 13.2 Å². The molecule has 2 atom stereocenters. The Morgan fingerprint density at radius 3 is 1.80 bits per heavy atom. The third kappa shape index (κ3) is 12.7. The van der Waals surface area contributed by atoms with Crippen LogP contribution in [0.4, 0.5) is 24.8 Å². The van der Waals surface area contributed by atoms with Gasteiger partial charge in [-0.25, -0.2) is 4.98 Å². The molecule has 1 aliphatic rings. The Kier molecular flexibility index (Phi) is 16.1. The number of rotatable bonds is 12. The van der Waals surface area contributed by atoms with Crippen LogP contribution in [-0.4, -0.2) is 97.9 Å². The summed E-state index contributed by atoms with van der Waals surface area (Å²) in [5, 5.41) is 47.8. The van der Waals surface area contributed by atoms with Crippen molar-refractivity contribution in [2.45, 2.75) is 52.1 Å². The molecule has 17 nitrogen and oxygen atoms in total. The number of alkyl halides is 3. The summed E-state index contributed by atoms with van der Waals surface area (Å²) in [6, 6.07) is 48.7. The zero-order valence-corrected chi connectivity index (χ0v) is 42.0. The molecule has 10 aromatic rings. The zero-order valence-electron chi connectivity index (χ0n) is 42.0. The van der Waals surface area contributed by atoms with Crippen molar-refractivity contribution in [3.8, 4) is 39.9 Å². The fourth-order valence-electron chi connectivity index (χ4n) is 8.24. The number of morpholine rings is 1. The van der Waals surface area contributed by atoms with Crippen LogP contribution in [0.25, 0.3) is 51.5 Å². The summed E-state index contributed by atoms with van der Waals surface area (Å²) in [6.45, 7) is 8.56. The van der Waals surface area contributed by atoms with Gasteiger partial charge in [0.2, 0.25) is 0 Å². The number of hydrogen-bond donors (Lipinski definition) is 4. The lowest BCUT2D eigenvalue weighted by atomic mass is 10.1. The molecule has 5 aromatic carbocycles. The summed E-state index contributed by atoms with van der Waals surface area (Å²) in [5.41, 5.74) is 6.71. The molecule has 2 unspecified atom stereocenters. The number of ether oxygens (including phenoxy) is 2. The molecule has 0 aliphatic carbocycles. The highest BCUT2D eigenvalue weighted by molar-refractivity contribution is 5.94. The molecule has 1 saturated heterocycles. The van der Waals surface area contributed by atoms with Crippen LogP contribution in [0, 0.1) is 12.3 Å². The van der Waals surface area contributed by atoms with Gasteiger partial charge in [0.1, 0.15) is 29.0 Å². The van der Waals surface area contributed by atoms with Crippen LogP contribution in [0.5, 0.6) is 5.75 Å². The number of anilines is 2. The first-order valence-corrected chi connectivity index (χ1v) is 24.3. The fourth-order valence-corrected chi connectivity index (χ4v) is 8.24. The van der Waals surface area contributed by atoms with E-state index < -0.39 is 11.7 Å². The third-order valence-electron chi connectivity index (χ3n) is 12.2. The number of H-pyrrole nitrogens is 1. The minimum atomic E-state index is -4.38. The van der Waals surface area contributed by atoms with Gasteiger partial charge in [-0.15, -0.1) is 30.6 Å². The molecular weight excluding hydrogens is 972 g/mol. The minimum absolute atomic E-state index is 0.100. The Hall–Kier alpha value is -9.30. The quantitative estimate of drug-likeness (QED) is 0.0667. The maximum absolute atomic E-state index is 12.6. The van der Waals surface area contributed by atoms with Crippen LogP contribution >= 0.6 is 0 Å². The lowest BCUT2D eigenvalue weighted by molar-refractivity contribution is -0.137. The Morgan fingerprint density at radius 2 is 1.24 bits per heavy atom. The van der Waals surface area contributed by atoms with E-state index >= 15 is 0 Å². The smallest absolute Gasteiger partial charge is 0.416 e. The summed E-state index contributed by atoms with van der Waals surface area (Å²) in [6.07, 6.45) is -1.13. The normalized spacial score (nSPS) is 14.4. The highest BCUT2D eigenvalue weighted by Crippen LogP contribution is 2.30. The fraction of sp³-hybridized carbons (Fsp3) is 0.196. The number of nitrogens with one attached hydrogen (secondary N) is 4. The van der Waals surface area contributed by atoms with E-state index in [4.69, 9.17) is 14.9 Å². The first-order valence-electron chi connectivity index (χ1n) is 24.3. The van der Waals surface area contributed by atoms with Crippen LogP contribution in [0.1, 0.15) is 41.9 Å². The summed E-state index contributed by atoms with van der Waals surface area (Å²) in [4.78, 5) is 6.22. The summed E-state index contributed by atoms with van der Waals surface area (Å²) in [7, 11) is 1.67. The zero-order chi connectivity index (χ0) is 53.0. The van der Waals surface area contributed by atoms with Crippen molar-refractivity contribution in [2.24, 2.45) is 0 Å². The number of fused-ring (bicyclic) bond motifs is 2. The van der Waals surface area contributed by atoms with Gasteiger partial charge in [0.25, 0.3) is 0 Å². The Bertz CT molecular complexity index is 3520. The topological polar surface area (TPSA) is 197 Å². The van der Waals surface area contributed by atoms with Gasteiger partial charge in [-0.05, 0) is 81.0 Å². The number of halogens is 3. The van der Waals surface area contributed by atoms with Crippen molar-refractivity contribution in [1.29, 1.82) is 5.41 Å². The lowest BCUT2D eigenvalue weighted by Gasteiger charge is -2.39. The van der Waals surface area contributed by atoms with Crippen LogP contribution in [0.2, 0.25) is 0 Å². The molecule has 11 rings (SSSR count). The summed E-state index contributed by atoms with van der Waals surface area (Å²) >= 11 is 0. The predicted molar refractivity (Wildman–Crippen MR) is 286 cm³/mol. The molecule has 1 fully saturated rings. The number of amidine groups is 1. The molecule has 0 spiro atoms. The number of para-hydroxylation sites is 1. The number of hydrogen-bond acceptors (Lipinski definition) is 13. The molecule has 1 aliphatic heterocycles. The van der Waals surface area contributed by atoms with Gasteiger partial charge in [-0.3, -0.25) is 10.5 Å². The molecule has 0 saturated carbocycles. The van der Waals surface area contributed by atoms with Gasteiger partial charge < -0.3 is 25.0 Å². The minimum Gasteiger partial charge on any atom is -0.496 e. The van der Waals surface area contributed by atoms with E-state index in [2.05, 4.69) is 87.6 Å². The van der Waals surface area contributed by atoms with Gasteiger partial charge in [0.05, 0.1) is 38.0 Å². The van der Waals surface area contributed by atoms with Crippen molar-refractivity contribution in [1.82, 2.24) is 59.7 Å². The average molecular weight is 1030 g/mol. The second kappa shape index (κ2) is 23.7. The SMILES string of the molecule is CC1COCC(C)N1C(=N)/C=C\c1nc(-c2ccc(C(F)(F)F)cc2)n[nH]1.COc1ccccc1CNc1ccc2nnc(-c3ccccc3)n2n1.Cc1ccc(CNc2ccc3nnc(-c4ccccc4)n3n2)cc1. The van der Waals surface area contributed by atoms with Gasteiger partial charge in [-0.2, -0.15) is 27.3 Å². The van der Waals surface area contributed by atoms with Crippen molar-refractivity contribution in [3.05, 3.63) is 192 Å². The number of benzene rings is 5. The largest absolute Gasteiger partial charge is 0.496 e. The number of methoxy groups -OCH3 is 1. The van der Waals surface area contributed by atoms with Gasteiger partial charge in [0.15, 0.2) is 28.8 Å². The van der Waals surface area contributed by atoms with Crippen molar-refractivity contribution < 1.29 is 22.6 Å². The number of aromatic nitrogens is 11. The number of aromatic amines is 1. The molecular formula is C56H54F3N15O2. The molecule has 0 bridgehead atoms. The maximum Gasteiger partial charge on any atom is 0.416 e. The van der Waals surface area contributed by atoms with E-state index in [1.807, 2.05) is 128 Å². The third-order valence-corrected chi connectivity index (χ3v) is 12.2. The number of nitrogens with zero attached hydrogens (tertiary/aromatic N) is 11. The standard InChI is InChI=1S/C19H17N5O.C19H17N5.C18H20F3N5O/c1-25-16-10-6-5-9-15(16)13-20-17-11-12-18-21-22-19(24(18)23-17)14-7-3-2-4-8-14;1-14-7-9-15(10-8-14)13-20-17-11-12-18-21-22-19(24(18)23-17)16-5-3-2-4-6-16;1-11-9-27-10-12(2)26(11)15(22)7-8-16-23-17(25-24-16)13-3-5-14(6-4-13)18(19,20)21/h2-12H,13H2,1H3,(H,20,23);2-12H,13H2,1H3,(H,20,23);3-8,11-12,22H,9-10H2,1-2H3,(H,23,24,25)/b;;8-7-,22-15?. The van der Waals surface area contributed by atoms with Crippen molar-refractivity contribution in [2.75, 3.05) is 31.0 Å². The second-order valence-electron chi connectivity index (χ2n) is 17.7. The predicted octanol–water partition coefficient (Wildman–Crippen LogP) is 10.7. The van der Waals surface area contributed by atoms with Crippen LogP contribution < -0.4 is 15.4 Å². The van der Waals surface area contributed by atoms with E-state index in [0.29, 0.717) is 48.5 Å². The molecule has 6 heterocycles. The summed E-state index contributed by atoms with van der Waals surface area (Å²) < 4.78 is 52.3. The van der Waals surface area contributed by atoms with E-state index in [1.165, 1.54) is 23.3 Å². The molecule has 0 radical (unpaired) electrons. The van der Waals surface area contributed by atoms with Crippen LogP contribution in [0.3, 0.4) is 0 Å². The van der Waals surface area contributed by atoms with Gasteiger partial charge in [-0.1, -0.05) is 121 Å². The number of aryl methyl sites for hydroxylation is 1.